The van der Waals surface area contributed by atoms with Gasteiger partial charge < -0.3 is 10.4 Å². The highest BCUT2D eigenvalue weighted by atomic mass is 16.3. The summed E-state index contributed by atoms with van der Waals surface area (Å²) in [4.78, 5) is 24.4. The second-order valence-corrected chi connectivity index (χ2v) is 6.39. The molecular formula is C18H24N4O3. The van der Waals surface area contributed by atoms with Gasteiger partial charge in [-0.15, -0.1) is 0 Å². The molecule has 7 nitrogen and oxygen atoms in total. The van der Waals surface area contributed by atoms with Crippen molar-refractivity contribution >= 4 is 5.91 Å². The Balaban J connectivity index is 1.51. The predicted octanol–water partition coefficient (Wildman–Crippen LogP) is 0.622. The fourth-order valence-electron chi connectivity index (χ4n) is 3.08. The van der Waals surface area contributed by atoms with Crippen LogP contribution in [0.15, 0.2) is 29.1 Å². The molecule has 2 heterocycles. The molecule has 0 saturated heterocycles. The van der Waals surface area contributed by atoms with Gasteiger partial charge in [-0.25, -0.2) is 9.48 Å². The van der Waals surface area contributed by atoms with Crippen LogP contribution >= 0.6 is 0 Å². The summed E-state index contributed by atoms with van der Waals surface area (Å²) in [6.45, 7) is 1.18. The second-order valence-electron chi connectivity index (χ2n) is 6.39. The Bertz CT molecular complexity index is 777. The molecule has 1 aliphatic heterocycles. The van der Waals surface area contributed by atoms with Crippen LogP contribution in [0.25, 0.3) is 0 Å². The Morgan fingerprint density at radius 1 is 1.16 bits per heavy atom. The highest BCUT2D eigenvalue weighted by Crippen LogP contribution is 2.10. The largest absolute Gasteiger partial charge is 0.392 e. The lowest BCUT2D eigenvalue weighted by Gasteiger charge is -2.06. The van der Waals surface area contributed by atoms with Gasteiger partial charge in [0.25, 0.3) is 0 Å². The summed E-state index contributed by atoms with van der Waals surface area (Å²) in [5, 5.41) is 16.2. The number of carbonyl (C=O) groups is 1. The average Bonchev–Trinajstić information content (AvgIpc) is 2.79. The van der Waals surface area contributed by atoms with Crippen molar-refractivity contribution in [2.24, 2.45) is 0 Å². The topological polar surface area (TPSA) is 89.2 Å². The van der Waals surface area contributed by atoms with Gasteiger partial charge in [-0.2, -0.15) is 5.10 Å². The first-order valence-electron chi connectivity index (χ1n) is 8.79. The molecule has 0 unspecified atom stereocenters. The zero-order chi connectivity index (χ0) is 17.6. The quantitative estimate of drug-likeness (QED) is 0.804. The van der Waals surface area contributed by atoms with Gasteiger partial charge in [0, 0.05) is 19.5 Å². The van der Waals surface area contributed by atoms with E-state index in [1.807, 2.05) is 24.3 Å². The van der Waals surface area contributed by atoms with E-state index >= 15 is 0 Å². The van der Waals surface area contributed by atoms with Crippen molar-refractivity contribution in [3.05, 3.63) is 51.7 Å². The zero-order valence-electron chi connectivity index (χ0n) is 14.3. The van der Waals surface area contributed by atoms with E-state index in [0.717, 1.165) is 42.6 Å². The predicted molar refractivity (Wildman–Crippen MR) is 93.1 cm³/mol. The zero-order valence-corrected chi connectivity index (χ0v) is 14.3. The van der Waals surface area contributed by atoms with Crippen LogP contribution in [0.5, 0.6) is 0 Å². The lowest BCUT2D eigenvalue weighted by atomic mass is 10.1. The molecule has 3 rings (SSSR count). The molecule has 0 fully saturated rings. The molecule has 25 heavy (non-hydrogen) atoms. The molecule has 2 N–H and O–H groups in total. The van der Waals surface area contributed by atoms with Gasteiger partial charge in [-0.3, -0.25) is 9.36 Å². The van der Waals surface area contributed by atoms with Gasteiger partial charge in [0.1, 0.15) is 12.4 Å². The van der Waals surface area contributed by atoms with Crippen LogP contribution in [0.3, 0.4) is 0 Å². The molecule has 1 amide bonds. The first-order chi connectivity index (χ1) is 12.2. The third-order valence-corrected chi connectivity index (χ3v) is 4.52. The third kappa shape index (κ3) is 4.36. The van der Waals surface area contributed by atoms with E-state index in [0.29, 0.717) is 19.5 Å². The summed E-state index contributed by atoms with van der Waals surface area (Å²) in [6, 6.07) is 7.62. The molecule has 1 aliphatic rings. The molecule has 0 atom stereocenters. The van der Waals surface area contributed by atoms with Gasteiger partial charge in [0.15, 0.2) is 0 Å². The molecule has 2 aromatic rings. The van der Waals surface area contributed by atoms with Gasteiger partial charge in [0.05, 0.1) is 6.61 Å². The Morgan fingerprint density at radius 2 is 1.92 bits per heavy atom. The van der Waals surface area contributed by atoms with E-state index in [9.17, 15) is 9.59 Å². The molecule has 0 bridgehead atoms. The van der Waals surface area contributed by atoms with E-state index in [4.69, 9.17) is 5.11 Å². The van der Waals surface area contributed by atoms with Crippen LogP contribution in [0, 0.1) is 0 Å². The number of hydrogen-bond donors (Lipinski definition) is 2. The monoisotopic (exact) mass is 344 g/mol. The number of amides is 1. The van der Waals surface area contributed by atoms with Crippen LogP contribution in [0.1, 0.15) is 36.2 Å². The van der Waals surface area contributed by atoms with Gasteiger partial charge >= 0.3 is 5.69 Å². The second kappa shape index (κ2) is 8.11. The summed E-state index contributed by atoms with van der Waals surface area (Å²) in [5.41, 5.74) is 1.77. The maximum absolute atomic E-state index is 12.3. The van der Waals surface area contributed by atoms with Crippen molar-refractivity contribution in [2.75, 3.05) is 6.54 Å². The number of rotatable bonds is 6. The Labute approximate surface area is 146 Å². The average molecular weight is 344 g/mol. The maximum atomic E-state index is 12.3. The number of benzene rings is 1. The Hall–Kier alpha value is -2.41. The number of carbonyl (C=O) groups excluding carboxylic acids is 1. The number of aliphatic hydroxyl groups excluding tert-OH is 1. The van der Waals surface area contributed by atoms with E-state index in [-0.39, 0.29) is 24.7 Å². The smallest absolute Gasteiger partial charge is 0.346 e. The van der Waals surface area contributed by atoms with Crippen LogP contribution < -0.4 is 11.0 Å². The maximum Gasteiger partial charge on any atom is 0.346 e. The lowest BCUT2D eigenvalue weighted by Crippen LogP contribution is -2.34. The SMILES string of the molecule is O=C(Cn1nc2n(c1=O)CCCCC2)NCCc1ccc(CO)cc1. The van der Waals surface area contributed by atoms with Crippen molar-refractivity contribution in [3.63, 3.8) is 0 Å². The van der Waals surface area contributed by atoms with Crippen molar-refractivity contribution in [1.29, 1.82) is 0 Å². The highest BCUT2D eigenvalue weighted by molar-refractivity contribution is 5.75. The van der Waals surface area contributed by atoms with E-state index in [1.165, 1.54) is 4.68 Å². The van der Waals surface area contributed by atoms with Crippen molar-refractivity contribution in [2.45, 2.75) is 51.8 Å². The third-order valence-electron chi connectivity index (χ3n) is 4.52. The standard InChI is InChI=1S/C18H24N4O3/c23-13-15-7-5-14(6-8-15)9-10-19-17(24)12-22-18(25)21-11-3-1-2-4-16(21)20-22/h5-8,23H,1-4,9-13H2,(H,19,24). The van der Waals surface area contributed by atoms with Crippen molar-refractivity contribution in [1.82, 2.24) is 19.7 Å². The summed E-state index contributed by atoms with van der Waals surface area (Å²) in [7, 11) is 0. The number of aryl methyl sites for hydroxylation is 1. The van der Waals surface area contributed by atoms with Crippen molar-refractivity contribution < 1.29 is 9.90 Å². The Morgan fingerprint density at radius 3 is 2.68 bits per heavy atom. The molecule has 1 aromatic carbocycles. The first-order valence-corrected chi connectivity index (χ1v) is 8.79. The van der Waals surface area contributed by atoms with Gasteiger partial charge in [0.2, 0.25) is 5.91 Å². The fraction of sp³-hybridized carbons (Fsp3) is 0.500. The summed E-state index contributed by atoms with van der Waals surface area (Å²) < 4.78 is 2.97. The van der Waals surface area contributed by atoms with Crippen molar-refractivity contribution in [3.8, 4) is 0 Å². The number of nitrogens with one attached hydrogen (secondary N) is 1. The number of fused-ring (bicyclic) bond motifs is 1. The van der Waals surface area contributed by atoms with Crippen LogP contribution in [0.4, 0.5) is 0 Å². The van der Waals surface area contributed by atoms with Crippen LogP contribution in [-0.4, -0.2) is 31.9 Å². The van der Waals surface area contributed by atoms with E-state index < -0.39 is 0 Å². The minimum Gasteiger partial charge on any atom is -0.392 e. The molecule has 0 saturated carbocycles. The molecule has 0 aliphatic carbocycles. The molecule has 1 aromatic heterocycles. The first kappa shape index (κ1) is 17.4. The number of aromatic nitrogens is 3. The fourth-order valence-corrected chi connectivity index (χ4v) is 3.08. The van der Waals surface area contributed by atoms with Gasteiger partial charge in [-0.1, -0.05) is 30.7 Å². The normalized spacial score (nSPS) is 14.0. The lowest BCUT2D eigenvalue weighted by molar-refractivity contribution is -0.121. The molecular weight excluding hydrogens is 320 g/mol. The number of hydrogen-bond acceptors (Lipinski definition) is 4. The van der Waals surface area contributed by atoms with Crippen LogP contribution in [0.2, 0.25) is 0 Å². The highest BCUT2D eigenvalue weighted by Gasteiger charge is 2.17. The number of aliphatic hydroxyl groups is 1. The molecule has 0 radical (unpaired) electrons. The van der Waals surface area contributed by atoms with Crippen LogP contribution in [-0.2, 0) is 37.3 Å². The molecule has 0 spiro atoms. The number of nitrogens with zero attached hydrogens (tertiary/aromatic N) is 3. The minimum atomic E-state index is -0.206. The van der Waals surface area contributed by atoms with E-state index in [1.54, 1.807) is 4.57 Å². The summed E-state index contributed by atoms with van der Waals surface area (Å²) in [6.07, 6.45) is 4.64. The summed E-state index contributed by atoms with van der Waals surface area (Å²) in [5.74, 6) is 0.585. The summed E-state index contributed by atoms with van der Waals surface area (Å²) >= 11 is 0. The molecule has 134 valence electrons. The Kier molecular flexibility index (Phi) is 5.65. The molecule has 7 heteroatoms. The minimum absolute atomic E-state index is 0.0282. The van der Waals surface area contributed by atoms with Gasteiger partial charge in [-0.05, 0) is 30.4 Å². The van der Waals surface area contributed by atoms with E-state index in [2.05, 4.69) is 10.4 Å².